The third-order valence-electron chi connectivity index (χ3n) is 6.36. The van der Waals surface area contributed by atoms with E-state index in [2.05, 4.69) is 43.0 Å². The number of rotatable bonds is 7. The van der Waals surface area contributed by atoms with E-state index in [-0.39, 0.29) is 5.56 Å². The van der Waals surface area contributed by atoms with Gasteiger partial charge in [-0.1, -0.05) is 86.9 Å². The van der Waals surface area contributed by atoms with Crippen LogP contribution in [0.4, 0.5) is 17.6 Å². The lowest BCUT2D eigenvalue weighted by Gasteiger charge is -2.08. The van der Waals surface area contributed by atoms with Crippen LogP contribution in [0.15, 0.2) is 78.9 Å². The fourth-order valence-electron chi connectivity index (χ4n) is 4.25. The smallest absolute Gasteiger partial charge is 0.205 e. The number of unbranched alkanes of at least 4 members (excludes halogenated alkanes) is 4. The Kier molecular flexibility index (Phi) is 8.10. The van der Waals surface area contributed by atoms with Crippen LogP contribution in [-0.4, -0.2) is 0 Å². The number of benzene rings is 4. The van der Waals surface area contributed by atoms with Crippen LogP contribution in [0.1, 0.15) is 61.3 Å². The Morgan fingerprint density at radius 2 is 1.39 bits per heavy atom. The van der Waals surface area contributed by atoms with Crippen LogP contribution < -0.4 is 0 Å². The molecule has 0 nitrogen and oxygen atoms in total. The molecule has 4 aromatic rings. The maximum Gasteiger partial charge on any atom is 0.416 e. The number of hydrogen-bond donors (Lipinski definition) is 0. The molecule has 36 heavy (non-hydrogen) atoms. The molecule has 0 atom stereocenters. The van der Waals surface area contributed by atoms with Crippen LogP contribution in [0.25, 0.3) is 21.9 Å². The number of halogens is 4. The highest BCUT2D eigenvalue weighted by Gasteiger charge is 2.29. The zero-order chi connectivity index (χ0) is 25.5. The summed E-state index contributed by atoms with van der Waals surface area (Å²) in [6.07, 6.45) is 3.01. The van der Waals surface area contributed by atoms with Crippen molar-refractivity contribution in [2.45, 2.75) is 51.6 Å². The van der Waals surface area contributed by atoms with Gasteiger partial charge in [-0.05, 0) is 71.3 Å². The molecule has 0 amide bonds. The molecule has 0 aliphatic rings. The standard InChI is InChI=1S/C32H28F4/c1-2-3-4-5-6-7-23-8-13-25(14-9-23)27-18-21-30-28(22-27)17-16-26(31(30)33)15-10-24-11-19-29(20-12-24)32(34,35)36/h8-9,11-14,16-22H,2-7H2,1H3. The molecule has 0 fully saturated rings. The van der Waals surface area contributed by atoms with Gasteiger partial charge in [0.15, 0.2) is 0 Å². The number of aryl methyl sites for hydroxylation is 1. The Bertz CT molecular complexity index is 1370. The van der Waals surface area contributed by atoms with E-state index in [0.717, 1.165) is 35.1 Å². The van der Waals surface area contributed by atoms with Crippen LogP contribution >= 0.6 is 0 Å². The summed E-state index contributed by atoms with van der Waals surface area (Å²) in [4.78, 5) is 0. The molecule has 0 bridgehead atoms. The third-order valence-corrected chi connectivity index (χ3v) is 6.36. The molecule has 0 unspecified atom stereocenters. The zero-order valence-electron chi connectivity index (χ0n) is 20.3. The number of hydrogen-bond acceptors (Lipinski definition) is 0. The first-order chi connectivity index (χ1) is 17.3. The van der Waals surface area contributed by atoms with E-state index >= 15 is 4.39 Å². The predicted octanol–water partition coefficient (Wildman–Crippen LogP) is 9.58. The van der Waals surface area contributed by atoms with E-state index < -0.39 is 17.6 Å². The average Bonchev–Trinajstić information content (AvgIpc) is 2.88. The predicted molar refractivity (Wildman–Crippen MR) is 139 cm³/mol. The van der Waals surface area contributed by atoms with Crippen LogP contribution in [0.2, 0.25) is 0 Å². The van der Waals surface area contributed by atoms with E-state index in [9.17, 15) is 13.2 Å². The molecule has 0 saturated heterocycles. The van der Waals surface area contributed by atoms with Gasteiger partial charge in [-0.3, -0.25) is 0 Å². The van der Waals surface area contributed by atoms with Gasteiger partial charge in [0.05, 0.1) is 11.1 Å². The van der Waals surface area contributed by atoms with Crippen molar-refractivity contribution in [1.29, 1.82) is 0 Å². The quantitative estimate of drug-likeness (QED) is 0.138. The second kappa shape index (κ2) is 11.4. The van der Waals surface area contributed by atoms with Crippen molar-refractivity contribution in [1.82, 2.24) is 0 Å². The summed E-state index contributed by atoms with van der Waals surface area (Å²) in [5, 5.41) is 1.23. The van der Waals surface area contributed by atoms with Crippen LogP contribution in [0.5, 0.6) is 0 Å². The Balaban J connectivity index is 1.48. The summed E-state index contributed by atoms with van der Waals surface area (Å²) in [5.74, 6) is 5.07. The monoisotopic (exact) mass is 488 g/mol. The highest BCUT2D eigenvalue weighted by Crippen LogP contribution is 2.30. The van der Waals surface area contributed by atoms with Gasteiger partial charge < -0.3 is 0 Å². The largest absolute Gasteiger partial charge is 0.416 e. The lowest BCUT2D eigenvalue weighted by molar-refractivity contribution is -0.137. The molecule has 0 spiro atoms. The molecular weight excluding hydrogens is 460 g/mol. The highest BCUT2D eigenvalue weighted by atomic mass is 19.4. The van der Waals surface area contributed by atoms with Crippen LogP contribution in [0, 0.1) is 17.7 Å². The SMILES string of the molecule is CCCCCCCc1ccc(-c2ccc3c(F)c(C#Cc4ccc(C(F)(F)F)cc4)ccc3c2)cc1. The minimum Gasteiger partial charge on any atom is -0.205 e. The lowest BCUT2D eigenvalue weighted by Crippen LogP contribution is -2.04. The first-order valence-corrected chi connectivity index (χ1v) is 12.4. The van der Waals surface area contributed by atoms with Gasteiger partial charge in [-0.15, -0.1) is 0 Å². The second-order valence-corrected chi connectivity index (χ2v) is 9.05. The molecule has 0 aliphatic heterocycles. The fraction of sp³-hybridized carbons (Fsp3) is 0.250. The van der Waals surface area contributed by atoms with Crippen molar-refractivity contribution in [3.8, 4) is 23.0 Å². The third kappa shape index (κ3) is 6.34. The first kappa shape index (κ1) is 25.5. The molecular formula is C32H28F4. The van der Waals surface area contributed by atoms with Gasteiger partial charge >= 0.3 is 6.18 Å². The van der Waals surface area contributed by atoms with Crippen molar-refractivity contribution >= 4 is 10.8 Å². The van der Waals surface area contributed by atoms with Gasteiger partial charge in [-0.25, -0.2) is 4.39 Å². The van der Waals surface area contributed by atoms with Crippen LogP contribution in [-0.2, 0) is 12.6 Å². The Morgan fingerprint density at radius 1 is 0.694 bits per heavy atom. The van der Waals surface area contributed by atoms with E-state index in [1.165, 1.54) is 49.8 Å². The van der Waals surface area contributed by atoms with E-state index in [0.29, 0.717) is 10.9 Å². The van der Waals surface area contributed by atoms with Gasteiger partial charge in [0, 0.05) is 10.9 Å². The summed E-state index contributed by atoms with van der Waals surface area (Å²) < 4.78 is 53.3. The van der Waals surface area contributed by atoms with Gasteiger partial charge in [0.2, 0.25) is 0 Å². The van der Waals surface area contributed by atoms with E-state index in [4.69, 9.17) is 0 Å². The summed E-state index contributed by atoms with van der Waals surface area (Å²) in [7, 11) is 0. The van der Waals surface area contributed by atoms with E-state index in [1.54, 1.807) is 12.1 Å². The fourth-order valence-corrected chi connectivity index (χ4v) is 4.25. The Morgan fingerprint density at radius 3 is 2.08 bits per heavy atom. The van der Waals surface area contributed by atoms with Crippen LogP contribution in [0.3, 0.4) is 0 Å². The van der Waals surface area contributed by atoms with Crippen molar-refractivity contribution < 1.29 is 17.6 Å². The summed E-state index contributed by atoms with van der Waals surface area (Å²) >= 11 is 0. The molecule has 0 N–H and O–H groups in total. The molecule has 0 saturated carbocycles. The van der Waals surface area contributed by atoms with Crippen molar-refractivity contribution in [2.24, 2.45) is 0 Å². The topological polar surface area (TPSA) is 0 Å². The minimum absolute atomic E-state index is 0.207. The lowest BCUT2D eigenvalue weighted by atomic mass is 9.97. The Labute approximate surface area is 210 Å². The zero-order valence-corrected chi connectivity index (χ0v) is 20.3. The molecule has 4 rings (SSSR count). The van der Waals surface area contributed by atoms with E-state index in [1.807, 2.05) is 18.2 Å². The maximum absolute atomic E-state index is 15.1. The van der Waals surface area contributed by atoms with Crippen molar-refractivity contribution in [3.05, 3.63) is 107 Å². The van der Waals surface area contributed by atoms with Gasteiger partial charge in [0.1, 0.15) is 5.82 Å². The van der Waals surface area contributed by atoms with Crippen molar-refractivity contribution in [3.63, 3.8) is 0 Å². The van der Waals surface area contributed by atoms with Gasteiger partial charge in [0.25, 0.3) is 0 Å². The molecule has 4 aromatic carbocycles. The second-order valence-electron chi connectivity index (χ2n) is 9.05. The maximum atomic E-state index is 15.1. The molecule has 0 aromatic heterocycles. The number of alkyl halides is 3. The first-order valence-electron chi connectivity index (χ1n) is 12.4. The van der Waals surface area contributed by atoms with Crippen molar-refractivity contribution in [2.75, 3.05) is 0 Å². The Hall–Kier alpha value is -3.58. The molecule has 0 aliphatic carbocycles. The normalized spacial score (nSPS) is 11.4. The molecule has 4 heteroatoms. The highest BCUT2D eigenvalue weighted by molar-refractivity contribution is 5.89. The number of fused-ring (bicyclic) bond motifs is 1. The molecule has 0 radical (unpaired) electrons. The summed E-state index contributed by atoms with van der Waals surface area (Å²) in [6, 6.07) is 22.1. The minimum atomic E-state index is -4.40. The molecule has 184 valence electrons. The average molecular weight is 489 g/mol. The van der Waals surface area contributed by atoms with Gasteiger partial charge in [-0.2, -0.15) is 13.2 Å². The summed E-state index contributed by atoms with van der Waals surface area (Å²) in [6.45, 7) is 2.22. The molecule has 0 heterocycles. The summed E-state index contributed by atoms with van der Waals surface area (Å²) in [5.41, 5.74) is 3.29.